The molecule has 3 aliphatic rings. The van der Waals surface area contributed by atoms with Crippen LogP contribution in [-0.2, 0) is 9.84 Å². The highest BCUT2D eigenvalue weighted by atomic mass is 32.2. The van der Waals surface area contributed by atoms with Gasteiger partial charge in [-0.3, -0.25) is 5.43 Å². The second-order valence-corrected chi connectivity index (χ2v) is 9.50. The molecule has 20 heavy (non-hydrogen) atoms. The minimum atomic E-state index is -2.90. The third kappa shape index (κ3) is 3.09. The molecule has 114 valence electrons. The number of hydrogen-bond acceptors (Lipinski definition) is 4. The first-order chi connectivity index (χ1) is 9.35. The first-order valence-electron chi connectivity index (χ1n) is 7.39. The number of rotatable bonds is 3. The van der Waals surface area contributed by atoms with Crippen LogP contribution >= 0.6 is 12.2 Å². The van der Waals surface area contributed by atoms with E-state index in [2.05, 4.69) is 16.2 Å². The molecule has 1 aliphatic heterocycles. The molecule has 1 saturated heterocycles. The lowest BCUT2D eigenvalue weighted by molar-refractivity contribution is 0.361. The lowest BCUT2D eigenvalue weighted by Crippen LogP contribution is -2.57. The Hall–Kier alpha value is -0.400. The standard InChI is InChI=1S/C13H23N3O2S2/c1-13(4-5-20(17,18)8-13)16-15-12(19)14-11-7-9-2-3-10(11)6-9/h9-11,16H,2-8H2,1H3,(H2,14,15,19)/t9-,10-,11-,13-/m0/s1. The van der Waals surface area contributed by atoms with Gasteiger partial charge in [-0.15, -0.1) is 0 Å². The molecule has 0 unspecified atom stereocenters. The van der Waals surface area contributed by atoms with Crippen molar-refractivity contribution in [2.75, 3.05) is 11.5 Å². The molecule has 0 aromatic heterocycles. The summed E-state index contributed by atoms with van der Waals surface area (Å²) >= 11 is 5.31. The Morgan fingerprint density at radius 3 is 2.65 bits per heavy atom. The number of sulfone groups is 1. The van der Waals surface area contributed by atoms with Crippen LogP contribution in [0.1, 0.15) is 39.0 Å². The monoisotopic (exact) mass is 317 g/mol. The summed E-state index contributed by atoms with van der Waals surface area (Å²) in [6.45, 7) is 1.92. The van der Waals surface area contributed by atoms with Crippen molar-refractivity contribution in [3.8, 4) is 0 Å². The summed E-state index contributed by atoms with van der Waals surface area (Å²) in [7, 11) is -2.90. The van der Waals surface area contributed by atoms with E-state index in [1.165, 1.54) is 25.7 Å². The molecule has 2 aliphatic carbocycles. The van der Waals surface area contributed by atoms with Gasteiger partial charge in [-0.25, -0.2) is 13.8 Å². The smallest absolute Gasteiger partial charge is 0.181 e. The minimum Gasteiger partial charge on any atom is -0.359 e. The van der Waals surface area contributed by atoms with E-state index in [4.69, 9.17) is 12.2 Å². The molecule has 3 N–H and O–H groups in total. The maximum absolute atomic E-state index is 11.5. The van der Waals surface area contributed by atoms with Gasteiger partial charge in [-0.1, -0.05) is 6.42 Å². The summed E-state index contributed by atoms with van der Waals surface area (Å²) in [5.74, 6) is 2.07. The summed E-state index contributed by atoms with van der Waals surface area (Å²) in [6.07, 6.45) is 5.87. The Balaban J connectivity index is 1.46. The quantitative estimate of drug-likeness (QED) is 0.526. The second kappa shape index (κ2) is 5.10. The van der Waals surface area contributed by atoms with E-state index in [0.717, 1.165) is 11.8 Å². The summed E-state index contributed by atoms with van der Waals surface area (Å²) in [5, 5.41) is 3.97. The highest BCUT2D eigenvalue weighted by Crippen LogP contribution is 2.44. The van der Waals surface area contributed by atoms with E-state index >= 15 is 0 Å². The Labute approximate surface area is 126 Å². The van der Waals surface area contributed by atoms with Crippen LogP contribution < -0.4 is 16.2 Å². The van der Waals surface area contributed by atoms with Gasteiger partial charge in [-0.2, -0.15) is 0 Å². The molecule has 0 radical (unpaired) electrons. The van der Waals surface area contributed by atoms with Gasteiger partial charge in [-0.05, 0) is 56.7 Å². The molecule has 5 nitrogen and oxygen atoms in total. The summed E-state index contributed by atoms with van der Waals surface area (Å²) in [4.78, 5) is 0. The molecule has 3 rings (SSSR count). The highest BCUT2D eigenvalue weighted by Gasteiger charge is 2.40. The third-order valence-electron chi connectivity index (χ3n) is 5.04. The highest BCUT2D eigenvalue weighted by molar-refractivity contribution is 7.91. The average Bonchev–Trinajstić information content (AvgIpc) is 3.02. The van der Waals surface area contributed by atoms with Crippen LogP contribution in [0.2, 0.25) is 0 Å². The van der Waals surface area contributed by atoms with E-state index in [9.17, 15) is 8.42 Å². The van der Waals surface area contributed by atoms with E-state index in [-0.39, 0.29) is 11.5 Å². The molecular weight excluding hydrogens is 294 g/mol. The Morgan fingerprint density at radius 1 is 1.30 bits per heavy atom. The third-order valence-corrected chi connectivity index (χ3v) is 7.16. The number of fused-ring (bicyclic) bond motifs is 2. The minimum absolute atomic E-state index is 0.170. The molecule has 2 saturated carbocycles. The SMILES string of the molecule is C[C@]1(NNC(=S)N[C@H]2C[C@H]3CC[C@H]2C3)CCS(=O)(=O)C1. The lowest BCUT2D eigenvalue weighted by Gasteiger charge is -2.28. The molecule has 0 amide bonds. The van der Waals surface area contributed by atoms with Crippen molar-refractivity contribution in [3.05, 3.63) is 0 Å². The van der Waals surface area contributed by atoms with Gasteiger partial charge in [0.05, 0.1) is 11.5 Å². The van der Waals surface area contributed by atoms with Gasteiger partial charge < -0.3 is 5.32 Å². The van der Waals surface area contributed by atoms with Crippen molar-refractivity contribution < 1.29 is 8.42 Å². The zero-order chi connectivity index (χ0) is 14.4. The lowest BCUT2D eigenvalue weighted by atomic mass is 9.96. The molecule has 1 heterocycles. The fraction of sp³-hybridized carbons (Fsp3) is 0.923. The maximum Gasteiger partial charge on any atom is 0.181 e. The summed E-state index contributed by atoms with van der Waals surface area (Å²) in [5.41, 5.74) is 5.68. The molecule has 3 fully saturated rings. The van der Waals surface area contributed by atoms with Crippen molar-refractivity contribution in [1.82, 2.24) is 16.2 Å². The van der Waals surface area contributed by atoms with Gasteiger partial charge in [0, 0.05) is 11.6 Å². The van der Waals surface area contributed by atoms with Crippen molar-refractivity contribution in [3.63, 3.8) is 0 Å². The molecule has 0 aromatic carbocycles. The van der Waals surface area contributed by atoms with E-state index in [0.29, 0.717) is 17.6 Å². The molecule has 0 spiro atoms. The molecular formula is C13H23N3O2S2. The predicted molar refractivity (Wildman–Crippen MR) is 82.9 cm³/mol. The van der Waals surface area contributed by atoms with Crippen LogP contribution in [0.4, 0.5) is 0 Å². The van der Waals surface area contributed by atoms with Gasteiger partial charge in [0.15, 0.2) is 14.9 Å². The van der Waals surface area contributed by atoms with Crippen molar-refractivity contribution in [1.29, 1.82) is 0 Å². The molecule has 7 heteroatoms. The Bertz CT molecular complexity index is 508. The van der Waals surface area contributed by atoms with Crippen LogP contribution in [0.3, 0.4) is 0 Å². The predicted octanol–water partition coefficient (Wildman–Crippen LogP) is 0.721. The number of hydrogen-bond donors (Lipinski definition) is 3. The second-order valence-electron chi connectivity index (χ2n) is 6.91. The number of nitrogens with one attached hydrogen (secondary N) is 3. The van der Waals surface area contributed by atoms with Crippen molar-refractivity contribution in [2.24, 2.45) is 11.8 Å². The van der Waals surface area contributed by atoms with E-state index in [1.807, 2.05) is 6.92 Å². The number of thiocarbonyl (C=S) groups is 1. The topological polar surface area (TPSA) is 70.2 Å². The maximum atomic E-state index is 11.5. The first kappa shape index (κ1) is 14.5. The molecule has 2 bridgehead atoms. The zero-order valence-corrected chi connectivity index (χ0v) is 13.4. The summed E-state index contributed by atoms with van der Waals surface area (Å²) < 4.78 is 23.1. The molecule has 0 aromatic rings. The Kier molecular flexibility index (Phi) is 3.71. The average molecular weight is 317 g/mol. The van der Waals surface area contributed by atoms with Crippen LogP contribution in [0.5, 0.6) is 0 Å². The van der Waals surface area contributed by atoms with Gasteiger partial charge in [0.2, 0.25) is 0 Å². The van der Waals surface area contributed by atoms with Crippen LogP contribution in [-0.4, -0.2) is 36.6 Å². The van der Waals surface area contributed by atoms with E-state index in [1.54, 1.807) is 0 Å². The van der Waals surface area contributed by atoms with Gasteiger partial charge >= 0.3 is 0 Å². The largest absolute Gasteiger partial charge is 0.359 e. The van der Waals surface area contributed by atoms with Gasteiger partial charge in [0.25, 0.3) is 0 Å². The molecule has 4 atom stereocenters. The fourth-order valence-corrected chi connectivity index (χ4v) is 6.24. The summed E-state index contributed by atoms with van der Waals surface area (Å²) in [6, 6.07) is 0.496. The Morgan fingerprint density at radius 2 is 2.10 bits per heavy atom. The first-order valence-corrected chi connectivity index (χ1v) is 9.62. The normalized spacial score (nSPS) is 41.8. The fourth-order valence-electron chi connectivity index (χ4n) is 3.94. The van der Waals surface area contributed by atoms with Gasteiger partial charge in [0.1, 0.15) is 0 Å². The van der Waals surface area contributed by atoms with Crippen LogP contribution in [0.25, 0.3) is 0 Å². The van der Waals surface area contributed by atoms with E-state index < -0.39 is 15.4 Å². The van der Waals surface area contributed by atoms with Crippen molar-refractivity contribution in [2.45, 2.75) is 50.6 Å². The van der Waals surface area contributed by atoms with Crippen LogP contribution in [0.15, 0.2) is 0 Å². The van der Waals surface area contributed by atoms with Crippen LogP contribution in [0, 0.1) is 11.8 Å². The van der Waals surface area contributed by atoms with Crippen molar-refractivity contribution >= 4 is 27.2 Å². The number of hydrazine groups is 1. The zero-order valence-electron chi connectivity index (χ0n) is 11.8.